The van der Waals surface area contributed by atoms with Crippen LogP contribution in [-0.4, -0.2) is 31.9 Å². The molecule has 0 aromatic heterocycles. The predicted molar refractivity (Wildman–Crippen MR) is 108 cm³/mol. The lowest BCUT2D eigenvalue weighted by atomic mass is 10.2. The van der Waals surface area contributed by atoms with Gasteiger partial charge in [-0.3, -0.25) is 4.79 Å². The quantitative estimate of drug-likeness (QED) is 0.310. The maximum atomic E-state index is 12.3. The molecule has 0 spiro atoms. The Morgan fingerprint density at radius 3 is 2.45 bits per heavy atom. The molecule has 1 amide bonds. The fraction of sp³-hybridized carbons (Fsp3) is 0.222. The molecule has 2 aromatic carbocycles. The van der Waals surface area contributed by atoms with E-state index in [1.54, 1.807) is 0 Å². The van der Waals surface area contributed by atoms with E-state index in [1.807, 2.05) is 0 Å². The van der Waals surface area contributed by atoms with Gasteiger partial charge in [0.1, 0.15) is 0 Å². The van der Waals surface area contributed by atoms with Crippen molar-refractivity contribution >= 4 is 52.6 Å². The number of carbonyl (C=O) groups excluding carboxylic acids is 1. The van der Waals surface area contributed by atoms with Crippen molar-refractivity contribution in [2.45, 2.75) is 19.6 Å². The van der Waals surface area contributed by atoms with Gasteiger partial charge in [0.25, 0.3) is 5.91 Å². The average molecular weight is 468 g/mol. The number of methoxy groups -OCH3 is 1. The van der Waals surface area contributed by atoms with Crippen LogP contribution in [0.1, 0.15) is 12.5 Å². The highest BCUT2D eigenvalue weighted by molar-refractivity contribution is 6.44. The minimum Gasteiger partial charge on any atom is -0.493 e. The number of amides is 1. The molecule has 0 radical (unpaired) electrons. The molecule has 2 rings (SSSR count). The van der Waals surface area contributed by atoms with E-state index in [4.69, 9.17) is 44.4 Å². The molecule has 0 saturated carbocycles. The second-order valence-corrected chi connectivity index (χ2v) is 6.73. The minimum absolute atomic E-state index is 0.0919. The third-order valence-corrected chi connectivity index (χ3v) is 4.50. The normalized spacial score (nSPS) is 12.1. The van der Waals surface area contributed by atoms with Crippen LogP contribution < -0.4 is 14.8 Å². The molecule has 0 aliphatic heterocycles. The van der Waals surface area contributed by atoms with Gasteiger partial charge in [-0.1, -0.05) is 40.0 Å². The lowest BCUT2D eigenvalue weighted by molar-refractivity contribution is -0.126. The molecular formula is C18H15Cl3F2N2O4. The molecule has 6 nitrogen and oxygen atoms in total. The van der Waals surface area contributed by atoms with E-state index in [-0.39, 0.29) is 32.3 Å². The highest BCUT2D eigenvalue weighted by Gasteiger charge is 2.17. The van der Waals surface area contributed by atoms with Crippen LogP contribution in [0.3, 0.4) is 0 Å². The standard InChI is InChI=1S/C18H15Cl3F2N2O4/c1-9(17(26)25-14-7-12(20)11(19)6-13(14)21)29-24-8-10-3-4-15(28-18(22)23)16(5-10)27-2/h3-9,18H,1-2H3,(H,25,26)/b24-8+. The summed E-state index contributed by atoms with van der Waals surface area (Å²) in [6, 6.07) is 7.00. The monoisotopic (exact) mass is 466 g/mol. The van der Waals surface area contributed by atoms with Crippen LogP contribution in [0.2, 0.25) is 15.1 Å². The molecule has 29 heavy (non-hydrogen) atoms. The fourth-order valence-electron chi connectivity index (χ4n) is 2.04. The van der Waals surface area contributed by atoms with Crippen LogP contribution in [0.15, 0.2) is 35.5 Å². The van der Waals surface area contributed by atoms with E-state index in [2.05, 4.69) is 15.2 Å². The largest absolute Gasteiger partial charge is 0.493 e. The summed E-state index contributed by atoms with van der Waals surface area (Å²) in [5, 5.41) is 6.96. The summed E-state index contributed by atoms with van der Waals surface area (Å²) in [6.07, 6.45) is 0.310. The Hall–Kier alpha value is -2.29. The first kappa shape index (κ1) is 23.0. The van der Waals surface area contributed by atoms with Crippen LogP contribution in [-0.2, 0) is 9.63 Å². The van der Waals surface area contributed by atoms with E-state index < -0.39 is 18.6 Å². The van der Waals surface area contributed by atoms with Crippen LogP contribution >= 0.6 is 34.8 Å². The fourth-order valence-corrected chi connectivity index (χ4v) is 2.64. The predicted octanol–water partition coefficient (Wildman–Crippen LogP) is 5.63. The maximum absolute atomic E-state index is 12.3. The van der Waals surface area contributed by atoms with Gasteiger partial charge in [0.15, 0.2) is 11.5 Å². The number of alkyl halides is 2. The SMILES string of the molecule is COc1cc(/C=N/OC(C)C(=O)Nc2cc(Cl)c(Cl)cc2Cl)ccc1OC(F)F. The smallest absolute Gasteiger partial charge is 0.387 e. The van der Waals surface area contributed by atoms with Crippen molar-refractivity contribution in [2.75, 3.05) is 12.4 Å². The lowest BCUT2D eigenvalue weighted by Crippen LogP contribution is -2.26. The van der Waals surface area contributed by atoms with Gasteiger partial charge in [-0.15, -0.1) is 0 Å². The Balaban J connectivity index is 1.99. The van der Waals surface area contributed by atoms with E-state index in [1.165, 1.54) is 50.6 Å². The Bertz CT molecular complexity index is 913. The van der Waals surface area contributed by atoms with Gasteiger partial charge in [0, 0.05) is 5.56 Å². The molecule has 156 valence electrons. The number of benzene rings is 2. The second kappa shape index (κ2) is 10.5. The molecule has 1 atom stereocenters. The number of ether oxygens (including phenoxy) is 2. The zero-order valence-electron chi connectivity index (χ0n) is 15.1. The van der Waals surface area contributed by atoms with Crippen molar-refractivity contribution in [2.24, 2.45) is 5.16 Å². The topological polar surface area (TPSA) is 69.2 Å². The Labute approximate surface area is 180 Å². The molecule has 0 bridgehead atoms. The summed E-state index contributed by atoms with van der Waals surface area (Å²) in [4.78, 5) is 17.3. The number of anilines is 1. The highest BCUT2D eigenvalue weighted by atomic mass is 35.5. The Morgan fingerprint density at radius 2 is 1.79 bits per heavy atom. The van der Waals surface area contributed by atoms with E-state index in [0.717, 1.165) is 0 Å². The third kappa shape index (κ3) is 6.62. The van der Waals surface area contributed by atoms with Gasteiger partial charge in [0.05, 0.1) is 34.1 Å². The van der Waals surface area contributed by atoms with Crippen molar-refractivity contribution in [3.05, 3.63) is 51.0 Å². The number of hydrogen-bond donors (Lipinski definition) is 1. The molecule has 2 aromatic rings. The highest BCUT2D eigenvalue weighted by Crippen LogP contribution is 2.32. The summed E-state index contributed by atoms with van der Waals surface area (Å²) in [5.74, 6) is -0.554. The Morgan fingerprint density at radius 1 is 1.10 bits per heavy atom. The lowest BCUT2D eigenvalue weighted by Gasteiger charge is -2.12. The third-order valence-electron chi connectivity index (χ3n) is 3.46. The van der Waals surface area contributed by atoms with E-state index >= 15 is 0 Å². The zero-order valence-corrected chi connectivity index (χ0v) is 17.4. The number of halogens is 5. The van der Waals surface area contributed by atoms with Crippen LogP contribution in [0.25, 0.3) is 0 Å². The molecule has 0 saturated heterocycles. The first-order valence-corrected chi connectivity index (χ1v) is 9.12. The molecule has 1 N–H and O–H groups in total. The molecule has 11 heteroatoms. The molecule has 0 aliphatic rings. The van der Waals surface area contributed by atoms with Gasteiger partial charge in [0.2, 0.25) is 6.10 Å². The van der Waals surface area contributed by atoms with Crippen molar-refractivity contribution < 1.29 is 27.9 Å². The van der Waals surface area contributed by atoms with E-state index in [9.17, 15) is 13.6 Å². The summed E-state index contributed by atoms with van der Waals surface area (Å²) >= 11 is 17.8. The van der Waals surface area contributed by atoms with Gasteiger partial charge in [-0.25, -0.2) is 0 Å². The molecule has 0 heterocycles. The number of nitrogens with zero attached hydrogens (tertiary/aromatic N) is 1. The summed E-state index contributed by atoms with van der Waals surface area (Å²) in [6.45, 7) is -1.51. The minimum atomic E-state index is -2.98. The maximum Gasteiger partial charge on any atom is 0.387 e. The first-order valence-electron chi connectivity index (χ1n) is 7.98. The van der Waals surface area contributed by atoms with Crippen molar-refractivity contribution in [1.82, 2.24) is 0 Å². The molecule has 1 unspecified atom stereocenters. The van der Waals surface area contributed by atoms with Gasteiger partial charge in [-0.2, -0.15) is 8.78 Å². The van der Waals surface area contributed by atoms with Gasteiger partial charge >= 0.3 is 6.61 Å². The number of carbonyl (C=O) groups is 1. The number of nitrogens with one attached hydrogen (secondary N) is 1. The average Bonchev–Trinajstić information content (AvgIpc) is 2.66. The number of rotatable bonds is 8. The van der Waals surface area contributed by atoms with Gasteiger partial charge in [-0.05, 0) is 37.3 Å². The van der Waals surface area contributed by atoms with Gasteiger partial charge < -0.3 is 19.6 Å². The molecule has 0 fully saturated rings. The van der Waals surface area contributed by atoms with Crippen LogP contribution in [0.5, 0.6) is 11.5 Å². The van der Waals surface area contributed by atoms with Crippen molar-refractivity contribution in [3.63, 3.8) is 0 Å². The molecule has 0 aliphatic carbocycles. The van der Waals surface area contributed by atoms with Crippen molar-refractivity contribution in [1.29, 1.82) is 0 Å². The zero-order chi connectivity index (χ0) is 21.6. The second-order valence-electron chi connectivity index (χ2n) is 5.51. The Kier molecular flexibility index (Phi) is 8.31. The number of hydrogen-bond acceptors (Lipinski definition) is 5. The summed E-state index contributed by atoms with van der Waals surface area (Å²) in [7, 11) is 1.31. The first-order chi connectivity index (χ1) is 13.7. The van der Waals surface area contributed by atoms with E-state index in [0.29, 0.717) is 5.56 Å². The van der Waals surface area contributed by atoms with Crippen LogP contribution in [0.4, 0.5) is 14.5 Å². The van der Waals surface area contributed by atoms with Crippen LogP contribution in [0, 0.1) is 0 Å². The summed E-state index contributed by atoms with van der Waals surface area (Å²) in [5.41, 5.74) is 0.744. The molecular weight excluding hydrogens is 453 g/mol. The number of oxime groups is 1. The van der Waals surface area contributed by atoms with Crippen molar-refractivity contribution in [3.8, 4) is 11.5 Å². The summed E-state index contributed by atoms with van der Waals surface area (Å²) < 4.78 is 34.0.